The van der Waals surface area contributed by atoms with Crippen LogP contribution >= 0.6 is 11.3 Å². The first-order valence-corrected chi connectivity index (χ1v) is 9.01. The zero-order chi connectivity index (χ0) is 15.9. The predicted molar refractivity (Wildman–Crippen MR) is 80.9 cm³/mol. The molecule has 114 valence electrons. The number of aromatic nitrogens is 2. The van der Waals surface area contributed by atoms with Crippen molar-refractivity contribution >= 4 is 21.2 Å². The number of rotatable bonds is 3. The summed E-state index contributed by atoms with van der Waals surface area (Å²) < 4.78 is 41.9. The minimum absolute atomic E-state index is 0.196. The SMILES string of the molecule is Cc1ccc(-c2noc(-c3csc(S(C)(=O)=O)c3)n2)cc1F. The Bertz CT molecular complexity index is 945. The molecule has 5 nitrogen and oxygen atoms in total. The number of hydrogen-bond donors (Lipinski definition) is 0. The van der Waals surface area contributed by atoms with E-state index in [1.54, 1.807) is 24.4 Å². The van der Waals surface area contributed by atoms with Crippen LogP contribution in [0.3, 0.4) is 0 Å². The molecule has 0 aliphatic carbocycles. The molecule has 3 rings (SSSR count). The molecular weight excluding hydrogens is 327 g/mol. The fourth-order valence-corrected chi connectivity index (χ4v) is 3.60. The van der Waals surface area contributed by atoms with Crippen molar-refractivity contribution in [3.8, 4) is 22.8 Å². The number of nitrogens with zero attached hydrogens (tertiary/aromatic N) is 2. The Hall–Kier alpha value is -2.06. The molecular formula is C14H11FN2O3S2. The number of halogens is 1. The first kappa shape index (κ1) is 14.9. The van der Waals surface area contributed by atoms with Gasteiger partial charge in [0.05, 0.1) is 5.56 Å². The van der Waals surface area contributed by atoms with E-state index in [1.807, 2.05) is 0 Å². The Labute approximate surface area is 130 Å². The smallest absolute Gasteiger partial charge is 0.259 e. The molecule has 0 saturated heterocycles. The summed E-state index contributed by atoms with van der Waals surface area (Å²) in [6, 6.07) is 6.14. The van der Waals surface area contributed by atoms with Crippen LogP contribution < -0.4 is 0 Å². The molecule has 0 aliphatic rings. The average molecular weight is 338 g/mol. The molecule has 0 fully saturated rings. The van der Waals surface area contributed by atoms with Crippen molar-refractivity contribution in [2.75, 3.05) is 6.26 Å². The van der Waals surface area contributed by atoms with Crippen molar-refractivity contribution in [2.24, 2.45) is 0 Å². The minimum atomic E-state index is -3.27. The number of benzene rings is 1. The zero-order valence-electron chi connectivity index (χ0n) is 11.7. The molecule has 1 aromatic carbocycles. The van der Waals surface area contributed by atoms with Gasteiger partial charge in [0.25, 0.3) is 5.89 Å². The van der Waals surface area contributed by atoms with E-state index in [2.05, 4.69) is 10.1 Å². The van der Waals surface area contributed by atoms with Gasteiger partial charge in [0, 0.05) is 17.2 Å². The van der Waals surface area contributed by atoms with Gasteiger partial charge < -0.3 is 4.52 Å². The van der Waals surface area contributed by atoms with E-state index in [0.29, 0.717) is 16.7 Å². The molecule has 0 atom stereocenters. The summed E-state index contributed by atoms with van der Waals surface area (Å²) in [4.78, 5) is 4.18. The fourth-order valence-electron chi connectivity index (χ4n) is 1.81. The van der Waals surface area contributed by atoms with Gasteiger partial charge in [-0.25, -0.2) is 12.8 Å². The fraction of sp³-hybridized carbons (Fsp3) is 0.143. The third-order valence-corrected chi connectivity index (χ3v) is 5.81. The summed E-state index contributed by atoms with van der Waals surface area (Å²) in [6.45, 7) is 1.67. The number of thiophene rings is 1. The quantitative estimate of drug-likeness (QED) is 0.732. The third-order valence-electron chi connectivity index (χ3n) is 3.04. The number of hydrogen-bond acceptors (Lipinski definition) is 6. The number of aryl methyl sites for hydroxylation is 1. The molecule has 0 radical (unpaired) electrons. The van der Waals surface area contributed by atoms with E-state index in [9.17, 15) is 12.8 Å². The predicted octanol–water partition coefficient (Wildman–Crippen LogP) is 3.32. The first-order chi connectivity index (χ1) is 10.3. The number of sulfone groups is 1. The van der Waals surface area contributed by atoms with Crippen molar-refractivity contribution < 1.29 is 17.3 Å². The van der Waals surface area contributed by atoms with Crippen molar-refractivity contribution in [2.45, 2.75) is 11.1 Å². The van der Waals surface area contributed by atoms with Gasteiger partial charge in [-0.05, 0) is 24.6 Å². The molecule has 0 amide bonds. The molecule has 2 heterocycles. The maximum atomic E-state index is 13.6. The van der Waals surface area contributed by atoms with Crippen LogP contribution in [0.5, 0.6) is 0 Å². The third kappa shape index (κ3) is 2.79. The molecule has 2 aromatic heterocycles. The first-order valence-electron chi connectivity index (χ1n) is 6.24. The molecule has 22 heavy (non-hydrogen) atoms. The molecule has 0 bridgehead atoms. The monoisotopic (exact) mass is 338 g/mol. The van der Waals surface area contributed by atoms with Gasteiger partial charge in [-0.1, -0.05) is 17.3 Å². The lowest BCUT2D eigenvalue weighted by Crippen LogP contribution is -1.92. The standard InChI is InChI=1S/C14H11FN2O3S2/c1-8-3-4-9(5-11(8)15)13-16-14(20-17-13)10-6-12(21-7-10)22(2,18)19/h3-7H,1-2H3. The van der Waals surface area contributed by atoms with E-state index >= 15 is 0 Å². The topological polar surface area (TPSA) is 73.1 Å². The van der Waals surface area contributed by atoms with Crippen molar-refractivity contribution in [3.05, 3.63) is 41.0 Å². The Morgan fingerprint density at radius 1 is 1.23 bits per heavy atom. The molecule has 0 spiro atoms. The summed E-state index contributed by atoms with van der Waals surface area (Å²) in [5.74, 6) is 0.0990. The van der Waals surface area contributed by atoms with E-state index < -0.39 is 9.84 Å². The van der Waals surface area contributed by atoms with Gasteiger partial charge in [-0.15, -0.1) is 11.3 Å². The lowest BCUT2D eigenvalue weighted by molar-refractivity contribution is 0.432. The van der Waals surface area contributed by atoms with Crippen molar-refractivity contribution in [1.29, 1.82) is 0 Å². The summed E-state index contributed by atoms with van der Waals surface area (Å²) in [6.07, 6.45) is 1.14. The van der Waals surface area contributed by atoms with E-state index in [4.69, 9.17) is 4.52 Å². The largest absolute Gasteiger partial charge is 0.334 e. The van der Waals surface area contributed by atoms with Gasteiger partial charge in [0.1, 0.15) is 10.0 Å². The second-order valence-electron chi connectivity index (χ2n) is 4.81. The summed E-state index contributed by atoms with van der Waals surface area (Å²) in [5.41, 5.74) is 1.55. The van der Waals surface area contributed by atoms with Gasteiger partial charge in [0.15, 0.2) is 9.84 Å². The van der Waals surface area contributed by atoms with Crippen LogP contribution in [0.4, 0.5) is 4.39 Å². The van der Waals surface area contributed by atoms with Crippen LogP contribution in [0.25, 0.3) is 22.8 Å². The molecule has 8 heteroatoms. The van der Waals surface area contributed by atoms with Crippen LogP contribution in [0.15, 0.2) is 38.4 Å². The Morgan fingerprint density at radius 3 is 2.64 bits per heavy atom. The van der Waals surface area contributed by atoms with Crippen molar-refractivity contribution in [1.82, 2.24) is 10.1 Å². The van der Waals surface area contributed by atoms with E-state index in [0.717, 1.165) is 17.6 Å². The second kappa shape index (κ2) is 5.29. The van der Waals surface area contributed by atoms with Gasteiger partial charge in [-0.2, -0.15) is 4.98 Å². The molecule has 3 aromatic rings. The Kier molecular flexibility index (Phi) is 3.57. The van der Waals surface area contributed by atoms with Gasteiger partial charge >= 0.3 is 0 Å². The van der Waals surface area contributed by atoms with Gasteiger partial charge in [0.2, 0.25) is 5.82 Å². The van der Waals surface area contributed by atoms with Crippen LogP contribution in [0, 0.1) is 12.7 Å². The maximum absolute atomic E-state index is 13.6. The minimum Gasteiger partial charge on any atom is -0.334 e. The highest BCUT2D eigenvalue weighted by atomic mass is 32.2. The Balaban J connectivity index is 1.97. The average Bonchev–Trinajstić information content (AvgIpc) is 3.08. The summed E-state index contributed by atoms with van der Waals surface area (Å²) >= 11 is 1.09. The van der Waals surface area contributed by atoms with E-state index in [1.165, 1.54) is 12.1 Å². The molecule has 0 N–H and O–H groups in total. The molecule has 0 saturated carbocycles. The van der Waals surface area contributed by atoms with Crippen LogP contribution in [0.2, 0.25) is 0 Å². The van der Waals surface area contributed by atoms with Crippen LogP contribution in [-0.2, 0) is 9.84 Å². The zero-order valence-corrected chi connectivity index (χ0v) is 13.3. The highest BCUT2D eigenvalue weighted by Crippen LogP contribution is 2.29. The Morgan fingerprint density at radius 2 is 2.00 bits per heavy atom. The maximum Gasteiger partial charge on any atom is 0.259 e. The van der Waals surface area contributed by atoms with Gasteiger partial charge in [-0.3, -0.25) is 0 Å². The highest BCUT2D eigenvalue weighted by Gasteiger charge is 2.16. The highest BCUT2D eigenvalue weighted by molar-refractivity contribution is 7.92. The summed E-state index contributed by atoms with van der Waals surface area (Å²) in [5, 5.41) is 5.44. The van der Waals surface area contributed by atoms with Crippen LogP contribution in [0.1, 0.15) is 5.56 Å². The van der Waals surface area contributed by atoms with Crippen LogP contribution in [-0.4, -0.2) is 24.8 Å². The lowest BCUT2D eigenvalue weighted by Gasteiger charge is -1.97. The molecule has 0 unspecified atom stereocenters. The summed E-state index contributed by atoms with van der Waals surface area (Å²) in [7, 11) is -3.27. The second-order valence-corrected chi connectivity index (χ2v) is 7.97. The van der Waals surface area contributed by atoms with Crippen molar-refractivity contribution in [3.63, 3.8) is 0 Å². The molecule has 0 aliphatic heterocycles. The normalized spacial score (nSPS) is 11.8. The van der Waals surface area contributed by atoms with E-state index in [-0.39, 0.29) is 21.7 Å². The lowest BCUT2D eigenvalue weighted by atomic mass is 10.1.